The van der Waals surface area contributed by atoms with Crippen molar-refractivity contribution in [2.24, 2.45) is 0 Å². The van der Waals surface area contributed by atoms with Crippen molar-refractivity contribution in [3.05, 3.63) is 28.8 Å². The van der Waals surface area contributed by atoms with Crippen LogP contribution in [0, 0.1) is 11.3 Å². The largest absolute Gasteiger partial charge is 0.417 e. The summed E-state index contributed by atoms with van der Waals surface area (Å²) < 4.78 is 37.7. The van der Waals surface area contributed by atoms with E-state index in [2.05, 4.69) is 0 Å². The molecule has 0 saturated carbocycles. The molecule has 0 spiro atoms. The number of carbonyl (C=O) groups excluding carboxylic acids is 1. The molecular weight excluding hydrogens is 221 g/mol. The highest BCUT2D eigenvalue weighted by atomic mass is 19.4. The number of hydrogen-bond acceptors (Lipinski definition) is 3. The van der Waals surface area contributed by atoms with Crippen LogP contribution < -0.4 is 5.73 Å². The van der Waals surface area contributed by atoms with Gasteiger partial charge in [-0.2, -0.15) is 18.4 Å². The molecular formula is C10H7F3N2O. The fourth-order valence-electron chi connectivity index (χ4n) is 1.34. The summed E-state index contributed by atoms with van der Waals surface area (Å²) in [7, 11) is 0. The number of ketones is 1. The maximum Gasteiger partial charge on any atom is 0.417 e. The first-order valence-corrected chi connectivity index (χ1v) is 4.19. The average Bonchev–Trinajstić information content (AvgIpc) is 2.14. The summed E-state index contributed by atoms with van der Waals surface area (Å²) in [5, 5.41) is 8.69. The molecule has 0 atom stereocenters. The Hall–Kier alpha value is -2.03. The number of hydrogen-bond donors (Lipinski definition) is 1. The van der Waals surface area contributed by atoms with E-state index in [0.29, 0.717) is 6.07 Å². The highest BCUT2D eigenvalue weighted by Crippen LogP contribution is 2.35. The monoisotopic (exact) mass is 228 g/mol. The molecule has 0 heterocycles. The number of rotatable bonds is 1. The van der Waals surface area contributed by atoms with Gasteiger partial charge < -0.3 is 5.73 Å². The van der Waals surface area contributed by atoms with Gasteiger partial charge in [-0.3, -0.25) is 4.79 Å². The Morgan fingerprint density at radius 2 is 2.00 bits per heavy atom. The third-order valence-corrected chi connectivity index (χ3v) is 2.01. The zero-order valence-electron chi connectivity index (χ0n) is 8.22. The van der Waals surface area contributed by atoms with Crippen molar-refractivity contribution in [2.75, 3.05) is 5.73 Å². The van der Waals surface area contributed by atoms with E-state index in [4.69, 9.17) is 11.0 Å². The van der Waals surface area contributed by atoms with E-state index in [0.717, 1.165) is 13.0 Å². The second kappa shape index (κ2) is 3.85. The van der Waals surface area contributed by atoms with E-state index in [-0.39, 0.29) is 5.69 Å². The molecule has 2 N–H and O–H groups in total. The number of anilines is 1. The van der Waals surface area contributed by atoms with Gasteiger partial charge in [0.1, 0.15) is 6.07 Å². The maximum atomic E-state index is 12.6. The number of alkyl halides is 3. The van der Waals surface area contributed by atoms with Crippen molar-refractivity contribution in [2.45, 2.75) is 13.1 Å². The molecule has 84 valence electrons. The van der Waals surface area contributed by atoms with E-state index >= 15 is 0 Å². The zero-order valence-corrected chi connectivity index (χ0v) is 8.22. The van der Waals surface area contributed by atoms with Crippen LogP contribution in [-0.4, -0.2) is 5.78 Å². The van der Waals surface area contributed by atoms with Crippen molar-refractivity contribution < 1.29 is 18.0 Å². The van der Waals surface area contributed by atoms with Gasteiger partial charge in [0.05, 0.1) is 16.8 Å². The van der Waals surface area contributed by atoms with Crippen LogP contribution in [0.1, 0.15) is 28.4 Å². The van der Waals surface area contributed by atoms with Crippen molar-refractivity contribution in [3.8, 4) is 6.07 Å². The maximum absolute atomic E-state index is 12.6. The Bertz CT molecular complexity index is 486. The lowest BCUT2D eigenvalue weighted by Crippen LogP contribution is -2.14. The molecule has 0 aliphatic rings. The standard InChI is InChI=1S/C10H7F3N2O/c1-5(16)9-6(4-14)8(15)3-2-7(9)10(11,12)13/h2-3H,15H2,1H3. The van der Waals surface area contributed by atoms with Crippen LogP contribution >= 0.6 is 0 Å². The molecule has 0 unspecified atom stereocenters. The van der Waals surface area contributed by atoms with Crippen LogP contribution in [0.25, 0.3) is 0 Å². The fourth-order valence-corrected chi connectivity index (χ4v) is 1.34. The van der Waals surface area contributed by atoms with Gasteiger partial charge in [-0.15, -0.1) is 0 Å². The van der Waals surface area contributed by atoms with E-state index in [9.17, 15) is 18.0 Å². The Morgan fingerprint density at radius 3 is 2.38 bits per heavy atom. The van der Waals surface area contributed by atoms with Gasteiger partial charge in [0.2, 0.25) is 0 Å². The lowest BCUT2D eigenvalue weighted by atomic mass is 9.97. The SMILES string of the molecule is CC(=O)c1c(C(F)(F)F)ccc(N)c1C#N. The molecule has 0 aromatic heterocycles. The number of nitrogens with zero attached hydrogens (tertiary/aromatic N) is 1. The summed E-state index contributed by atoms with van der Waals surface area (Å²) in [4.78, 5) is 11.1. The van der Waals surface area contributed by atoms with Crippen molar-refractivity contribution in [1.29, 1.82) is 5.26 Å². The third-order valence-electron chi connectivity index (χ3n) is 2.01. The predicted molar refractivity (Wildman–Crippen MR) is 50.6 cm³/mol. The predicted octanol–water partition coefficient (Wildman–Crippen LogP) is 2.36. The summed E-state index contributed by atoms with van der Waals surface area (Å²) >= 11 is 0. The molecule has 0 amide bonds. The Morgan fingerprint density at radius 1 is 1.44 bits per heavy atom. The van der Waals surface area contributed by atoms with Crippen molar-refractivity contribution in [3.63, 3.8) is 0 Å². The lowest BCUT2D eigenvalue weighted by Gasteiger charge is -2.13. The van der Waals surface area contributed by atoms with Crippen LogP contribution in [0.15, 0.2) is 12.1 Å². The topological polar surface area (TPSA) is 66.9 Å². The van der Waals surface area contributed by atoms with E-state index in [1.807, 2.05) is 0 Å². The highest BCUT2D eigenvalue weighted by Gasteiger charge is 2.36. The van der Waals surface area contributed by atoms with E-state index in [1.165, 1.54) is 6.07 Å². The first kappa shape index (κ1) is 12.0. The Labute approximate surface area is 89.3 Å². The molecule has 0 aliphatic heterocycles. The van der Waals surface area contributed by atoms with Crippen molar-refractivity contribution >= 4 is 11.5 Å². The minimum absolute atomic E-state index is 0.138. The van der Waals surface area contributed by atoms with Gasteiger partial charge in [-0.1, -0.05) is 0 Å². The Balaban J connectivity index is 3.67. The molecule has 1 aromatic rings. The summed E-state index contributed by atoms with van der Waals surface area (Å²) in [6, 6.07) is 3.18. The molecule has 1 aromatic carbocycles. The first-order chi connectivity index (χ1) is 7.29. The number of nitrogens with two attached hydrogens (primary N) is 1. The van der Waals surface area contributed by atoms with Gasteiger partial charge >= 0.3 is 6.18 Å². The number of halogens is 3. The highest BCUT2D eigenvalue weighted by molar-refractivity contribution is 5.99. The van der Waals surface area contributed by atoms with Crippen LogP contribution in [0.2, 0.25) is 0 Å². The number of nitrogen functional groups attached to an aromatic ring is 1. The zero-order chi connectivity index (χ0) is 12.5. The normalized spacial score (nSPS) is 10.9. The summed E-state index contributed by atoms with van der Waals surface area (Å²) in [6.45, 7) is 0.963. The smallest absolute Gasteiger partial charge is 0.398 e. The van der Waals surface area contributed by atoms with Crippen LogP contribution in [0.4, 0.5) is 18.9 Å². The fraction of sp³-hybridized carbons (Fsp3) is 0.200. The lowest BCUT2D eigenvalue weighted by molar-refractivity contribution is -0.137. The molecule has 0 bridgehead atoms. The second-order valence-corrected chi connectivity index (χ2v) is 3.12. The van der Waals surface area contributed by atoms with Gasteiger partial charge in [0.15, 0.2) is 5.78 Å². The third kappa shape index (κ3) is 1.98. The minimum atomic E-state index is -4.68. The van der Waals surface area contributed by atoms with Crippen LogP contribution in [0.5, 0.6) is 0 Å². The molecule has 0 aliphatic carbocycles. The first-order valence-electron chi connectivity index (χ1n) is 4.19. The van der Waals surface area contributed by atoms with Crippen LogP contribution in [-0.2, 0) is 6.18 Å². The van der Waals surface area contributed by atoms with E-state index in [1.54, 1.807) is 0 Å². The molecule has 1 rings (SSSR count). The van der Waals surface area contributed by atoms with Gasteiger partial charge in [0, 0.05) is 5.56 Å². The molecule has 0 fully saturated rings. The quantitative estimate of drug-likeness (QED) is 0.592. The van der Waals surface area contributed by atoms with Crippen LogP contribution in [0.3, 0.4) is 0 Å². The average molecular weight is 228 g/mol. The molecule has 16 heavy (non-hydrogen) atoms. The second-order valence-electron chi connectivity index (χ2n) is 3.12. The van der Waals surface area contributed by atoms with Gasteiger partial charge in [0.25, 0.3) is 0 Å². The number of nitriles is 1. The molecule has 0 radical (unpaired) electrons. The molecule has 0 saturated heterocycles. The summed E-state index contributed by atoms with van der Waals surface area (Å²) in [6.07, 6.45) is -4.68. The van der Waals surface area contributed by atoms with Gasteiger partial charge in [-0.25, -0.2) is 0 Å². The number of carbonyl (C=O) groups is 1. The Kier molecular flexibility index (Phi) is 2.90. The molecule has 3 nitrogen and oxygen atoms in total. The summed E-state index contributed by atoms with van der Waals surface area (Å²) in [5.74, 6) is -0.837. The number of benzene rings is 1. The minimum Gasteiger partial charge on any atom is -0.398 e. The van der Waals surface area contributed by atoms with Crippen molar-refractivity contribution in [1.82, 2.24) is 0 Å². The summed E-state index contributed by atoms with van der Waals surface area (Å²) in [5.41, 5.74) is 2.97. The molecule has 6 heteroatoms. The number of Topliss-reactive ketones (excluding diaryl/α,β-unsaturated/α-hetero) is 1. The van der Waals surface area contributed by atoms with E-state index < -0.39 is 28.6 Å². The van der Waals surface area contributed by atoms with Gasteiger partial charge in [-0.05, 0) is 19.1 Å².